The van der Waals surface area contributed by atoms with E-state index < -0.39 is 17.5 Å². The number of aromatic carboxylic acids is 1. The lowest BCUT2D eigenvalue weighted by Gasteiger charge is -2.05. The summed E-state index contributed by atoms with van der Waals surface area (Å²) in [6.07, 6.45) is 0. The summed E-state index contributed by atoms with van der Waals surface area (Å²) >= 11 is 0. The number of aromatic nitrogens is 2. The zero-order valence-corrected chi connectivity index (χ0v) is 9.81. The van der Waals surface area contributed by atoms with Crippen molar-refractivity contribution in [1.29, 1.82) is 0 Å². The normalized spacial score (nSPS) is 10.2. The van der Waals surface area contributed by atoms with Gasteiger partial charge in [-0.2, -0.15) is 4.98 Å². The van der Waals surface area contributed by atoms with Gasteiger partial charge in [0, 0.05) is 5.56 Å². The Balaban J connectivity index is 2.55. The molecule has 0 aliphatic carbocycles. The summed E-state index contributed by atoms with van der Waals surface area (Å²) in [4.78, 5) is 27.7. The molecule has 0 saturated carbocycles. The molecule has 7 heteroatoms. The van der Waals surface area contributed by atoms with E-state index in [4.69, 9.17) is 9.84 Å². The second-order valence-electron chi connectivity index (χ2n) is 3.64. The maximum absolute atomic E-state index is 13.5. The molecule has 0 unspecified atom stereocenters. The van der Waals surface area contributed by atoms with E-state index in [0.717, 1.165) is 12.1 Å². The summed E-state index contributed by atoms with van der Waals surface area (Å²) in [6.45, 7) is 0. The number of methoxy groups -OCH3 is 1. The van der Waals surface area contributed by atoms with Crippen LogP contribution in [0.1, 0.15) is 10.5 Å². The second-order valence-corrected chi connectivity index (χ2v) is 3.64. The highest BCUT2D eigenvalue weighted by Crippen LogP contribution is 2.23. The number of carbonyl (C=O) groups is 1. The minimum absolute atomic E-state index is 0.0482. The van der Waals surface area contributed by atoms with Gasteiger partial charge in [0.15, 0.2) is 11.6 Å². The van der Waals surface area contributed by atoms with Gasteiger partial charge in [0.1, 0.15) is 5.69 Å². The maximum atomic E-state index is 13.5. The van der Waals surface area contributed by atoms with Gasteiger partial charge in [-0.3, -0.25) is 4.98 Å². The third-order valence-corrected chi connectivity index (χ3v) is 2.42. The van der Waals surface area contributed by atoms with Gasteiger partial charge in [-0.25, -0.2) is 14.0 Å². The predicted octanol–water partition coefficient (Wildman–Crippen LogP) is 1.28. The Kier molecular flexibility index (Phi) is 3.28. The highest BCUT2D eigenvalue weighted by atomic mass is 19.1. The Morgan fingerprint density at radius 1 is 1.42 bits per heavy atom. The number of halogens is 1. The largest absolute Gasteiger partial charge is 0.494 e. The van der Waals surface area contributed by atoms with Crippen molar-refractivity contribution < 1.29 is 19.0 Å². The van der Waals surface area contributed by atoms with Gasteiger partial charge in [-0.05, 0) is 24.3 Å². The average molecular weight is 264 g/mol. The first kappa shape index (κ1) is 12.7. The molecule has 0 atom stereocenters. The topological polar surface area (TPSA) is 92.3 Å². The summed E-state index contributed by atoms with van der Waals surface area (Å²) in [7, 11) is 1.33. The summed E-state index contributed by atoms with van der Waals surface area (Å²) in [6, 6.07) is 5.13. The quantitative estimate of drug-likeness (QED) is 0.871. The molecule has 19 heavy (non-hydrogen) atoms. The Morgan fingerprint density at radius 3 is 2.74 bits per heavy atom. The number of carboxylic acids is 1. The number of benzene rings is 1. The number of carboxylic acid groups (broad SMARTS) is 1. The molecular formula is C12H9FN2O4. The number of hydrogen-bond acceptors (Lipinski definition) is 4. The lowest BCUT2D eigenvalue weighted by Crippen LogP contribution is -2.16. The number of hydrogen-bond donors (Lipinski definition) is 2. The zero-order chi connectivity index (χ0) is 14.0. The van der Waals surface area contributed by atoms with E-state index in [1.807, 2.05) is 0 Å². The van der Waals surface area contributed by atoms with Gasteiger partial charge in [0.05, 0.1) is 12.8 Å². The van der Waals surface area contributed by atoms with Crippen molar-refractivity contribution >= 4 is 5.97 Å². The predicted molar refractivity (Wildman–Crippen MR) is 63.8 cm³/mol. The first-order chi connectivity index (χ1) is 9.01. The zero-order valence-electron chi connectivity index (χ0n) is 9.81. The molecule has 2 rings (SSSR count). The fourth-order valence-electron chi connectivity index (χ4n) is 1.55. The van der Waals surface area contributed by atoms with Crippen molar-refractivity contribution in [3.05, 3.63) is 46.3 Å². The maximum Gasteiger partial charge on any atom is 0.352 e. The van der Waals surface area contributed by atoms with Crippen molar-refractivity contribution in [3.63, 3.8) is 0 Å². The molecule has 0 aliphatic rings. The SMILES string of the molecule is COc1ccc(-c2cc(C(=O)O)[nH]c(=O)n2)cc1F. The van der Waals surface area contributed by atoms with Crippen molar-refractivity contribution in [2.75, 3.05) is 7.11 Å². The molecule has 1 heterocycles. The van der Waals surface area contributed by atoms with E-state index in [9.17, 15) is 14.0 Å². The van der Waals surface area contributed by atoms with Crippen LogP contribution in [0.4, 0.5) is 4.39 Å². The summed E-state index contributed by atoms with van der Waals surface area (Å²) < 4.78 is 18.3. The van der Waals surface area contributed by atoms with Gasteiger partial charge in [-0.1, -0.05) is 0 Å². The summed E-state index contributed by atoms with van der Waals surface area (Å²) in [5.74, 6) is -1.87. The number of rotatable bonds is 3. The molecule has 0 amide bonds. The molecule has 2 aromatic rings. The third kappa shape index (κ3) is 2.59. The number of nitrogens with zero attached hydrogens (tertiary/aromatic N) is 1. The van der Waals surface area contributed by atoms with Crippen LogP contribution in [0.15, 0.2) is 29.1 Å². The van der Waals surface area contributed by atoms with Crippen molar-refractivity contribution in [3.8, 4) is 17.0 Å². The first-order valence-electron chi connectivity index (χ1n) is 5.20. The smallest absolute Gasteiger partial charge is 0.352 e. The molecule has 2 N–H and O–H groups in total. The van der Waals surface area contributed by atoms with Crippen LogP contribution in [0.25, 0.3) is 11.3 Å². The highest BCUT2D eigenvalue weighted by Gasteiger charge is 2.11. The monoisotopic (exact) mass is 264 g/mol. The number of nitrogens with one attached hydrogen (secondary N) is 1. The molecule has 1 aromatic heterocycles. The standard InChI is InChI=1S/C12H9FN2O4/c1-19-10-3-2-6(4-7(10)13)8-5-9(11(16)17)15-12(18)14-8/h2-5H,1H3,(H,16,17)(H,14,15,18). The minimum atomic E-state index is -1.30. The molecule has 0 saturated heterocycles. The van der Waals surface area contributed by atoms with E-state index in [0.29, 0.717) is 0 Å². The van der Waals surface area contributed by atoms with E-state index in [1.165, 1.54) is 19.2 Å². The van der Waals surface area contributed by atoms with Crippen LogP contribution in [0.3, 0.4) is 0 Å². The second kappa shape index (κ2) is 4.89. The van der Waals surface area contributed by atoms with Crippen LogP contribution in [0.2, 0.25) is 0 Å². The Bertz CT molecular complexity index is 696. The third-order valence-electron chi connectivity index (χ3n) is 2.42. The molecule has 1 aromatic carbocycles. The molecule has 0 fully saturated rings. The highest BCUT2D eigenvalue weighted by molar-refractivity contribution is 5.86. The Labute approximate surface area is 106 Å². The van der Waals surface area contributed by atoms with Crippen molar-refractivity contribution in [2.45, 2.75) is 0 Å². The van der Waals surface area contributed by atoms with Crippen LogP contribution < -0.4 is 10.4 Å². The van der Waals surface area contributed by atoms with Gasteiger partial charge >= 0.3 is 11.7 Å². The van der Waals surface area contributed by atoms with Gasteiger partial charge in [0.2, 0.25) is 0 Å². The molecule has 0 spiro atoms. The Morgan fingerprint density at radius 2 is 2.16 bits per heavy atom. The Hall–Kier alpha value is -2.70. The number of ether oxygens (including phenoxy) is 1. The molecule has 0 bridgehead atoms. The summed E-state index contributed by atoms with van der Waals surface area (Å²) in [5, 5.41) is 8.83. The number of aromatic amines is 1. The van der Waals surface area contributed by atoms with Crippen molar-refractivity contribution in [1.82, 2.24) is 9.97 Å². The lowest BCUT2D eigenvalue weighted by atomic mass is 10.1. The van der Waals surface area contributed by atoms with E-state index >= 15 is 0 Å². The molecule has 6 nitrogen and oxygen atoms in total. The van der Waals surface area contributed by atoms with Gasteiger partial charge in [0.25, 0.3) is 0 Å². The molecule has 0 aliphatic heterocycles. The summed E-state index contributed by atoms with van der Waals surface area (Å²) in [5.41, 5.74) is -0.771. The average Bonchev–Trinajstić information content (AvgIpc) is 2.37. The molecular weight excluding hydrogens is 255 g/mol. The van der Waals surface area contributed by atoms with Crippen LogP contribution in [-0.2, 0) is 0 Å². The van der Waals surface area contributed by atoms with Crippen LogP contribution in [-0.4, -0.2) is 28.2 Å². The van der Waals surface area contributed by atoms with Gasteiger partial charge < -0.3 is 9.84 Å². The fraction of sp³-hybridized carbons (Fsp3) is 0.0833. The minimum Gasteiger partial charge on any atom is -0.494 e. The molecule has 0 radical (unpaired) electrons. The number of H-pyrrole nitrogens is 1. The lowest BCUT2D eigenvalue weighted by molar-refractivity contribution is 0.0690. The van der Waals surface area contributed by atoms with E-state index in [1.54, 1.807) is 0 Å². The van der Waals surface area contributed by atoms with Crippen LogP contribution in [0.5, 0.6) is 5.75 Å². The van der Waals surface area contributed by atoms with Crippen molar-refractivity contribution in [2.24, 2.45) is 0 Å². The van der Waals surface area contributed by atoms with Crippen LogP contribution in [0, 0.1) is 5.82 Å². The van der Waals surface area contributed by atoms with E-state index in [2.05, 4.69) is 9.97 Å². The first-order valence-corrected chi connectivity index (χ1v) is 5.20. The van der Waals surface area contributed by atoms with Crippen LogP contribution >= 0.6 is 0 Å². The molecule has 98 valence electrons. The van der Waals surface area contributed by atoms with Gasteiger partial charge in [-0.15, -0.1) is 0 Å². The van der Waals surface area contributed by atoms with E-state index in [-0.39, 0.29) is 22.7 Å². The fourth-order valence-corrected chi connectivity index (χ4v) is 1.55.